The summed E-state index contributed by atoms with van der Waals surface area (Å²) in [5, 5.41) is 7.79. The maximum atomic E-state index is 13.0. The molecule has 1 aromatic carbocycles. The first-order chi connectivity index (χ1) is 13.7. The number of benzene rings is 1. The zero-order chi connectivity index (χ0) is 19.1. The number of amides is 1. The van der Waals surface area contributed by atoms with Crippen molar-refractivity contribution in [1.82, 2.24) is 19.7 Å². The first-order valence-corrected chi connectivity index (χ1v) is 9.77. The largest absolute Gasteiger partial charge is 0.336 e. The SMILES string of the molecule is CCc1noc2ncc(C(=O)Nc3nc4ccccc4n3C3CCCC3)cc12. The summed E-state index contributed by atoms with van der Waals surface area (Å²) in [5.74, 6) is 0.367. The summed E-state index contributed by atoms with van der Waals surface area (Å²) < 4.78 is 7.39. The summed E-state index contributed by atoms with van der Waals surface area (Å²) >= 11 is 0. The van der Waals surface area contributed by atoms with E-state index in [2.05, 4.69) is 31.1 Å². The monoisotopic (exact) mass is 375 g/mol. The van der Waals surface area contributed by atoms with Crippen molar-refractivity contribution in [2.45, 2.75) is 45.1 Å². The van der Waals surface area contributed by atoms with Crippen LogP contribution >= 0.6 is 0 Å². The fraction of sp³-hybridized carbons (Fsp3) is 0.333. The third-order valence-corrected chi connectivity index (χ3v) is 5.51. The summed E-state index contributed by atoms with van der Waals surface area (Å²) in [4.78, 5) is 21.9. The number of imidazole rings is 1. The number of nitrogens with zero attached hydrogens (tertiary/aromatic N) is 4. The molecule has 1 aliphatic rings. The van der Waals surface area contributed by atoms with Crippen molar-refractivity contribution in [1.29, 1.82) is 0 Å². The van der Waals surface area contributed by atoms with E-state index in [4.69, 9.17) is 4.52 Å². The van der Waals surface area contributed by atoms with Crippen molar-refractivity contribution in [2.24, 2.45) is 0 Å². The van der Waals surface area contributed by atoms with Gasteiger partial charge in [-0.1, -0.05) is 37.1 Å². The zero-order valence-corrected chi connectivity index (χ0v) is 15.7. The maximum Gasteiger partial charge on any atom is 0.259 e. The summed E-state index contributed by atoms with van der Waals surface area (Å²) in [6, 6.07) is 10.2. The van der Waals surface area contributed by atoms with E-state index in [9.17, 15) is 4.79 Å². The number of hydrogen-bond donors (Lipinski definition) is 1. The van der Waals surface area contributed by atoms with Gasteiger partial charge in [-0.2, -0.15) is 0 Å². The van der Waals surface area contributed by atoms with Crippen LogP contribution in [-0.4, -0.2) is 25.6 Å². The van der Waals surface area contributed by atoms with Gasteiger partial charge in [-0.3, -0.25) is 10.1 Å². The van der Waals surface area contributed by atoms with E-state index < -0.39 is 0 Å². The predicted octanol–water partition coefficient (Wildman–Crippen LogP) is 4.50. The number of carbonyl (C=O) groups excluding carboxylic acids is 1. The minimum absolute atomic E-state index is 0.229. The first kappa shape index (κ1) is 16.9. The number of para-hydroxylation sites is 2. The molecule has 5 rings (SSSR count). The fourth-order valence-corrected chi connectivity index (χ4v) is 4.10. The highest BCUT2D eigenvalue weighted by molar-refractivity contribution is 6.05. The number of pyridine rings is 1. The van der Waals surface area contributed by atoms with Gasteiger partial charge in [0.05, 0.1) is 27.7 Å². The van der Waals surface area contributed by atoms with Crippen LogP contribution in [0.2, 0.25) is 0 Å². The lowest BCUT2D eigenvalue weighted by Crippen LogP contribution is -2.18. The van der Waals surface area contributed by atoms with E-state index in [1.807, 2.05) is 25.1 Å². The molecule has 0 radical (unpaired) electrons. The molecular formula is C21H21N5O2. The van der Waals surface area contributed by atoms with Crippen LogP contribution in [0.5, 0.6) is 0 Å². The Labute approximate surface area is 161 Å². The number of fused-ring (bicyclic) bond motifs is 2. The summed E-state index contributed by atoms with van der Waals surface area (Å²) in [6.07, 6.45) is 6.87. The van der Waals surface area contributed by atoms with E-state index in [0.29, 0.717) is 23.3 Å². The number of aryl methyl sites for hydroxylation is 1. The normalized spacial score (nSPS) is 14.9. The van der Waals surface area contributed by atoms with Gasteiger partial charge in [0, 0.05) is 12.2 Å². The van der Waals surface area contributed by atoms with E-state index in [1.165, 1.54) is 19.0 Å². The molecule has 0 unspecified atom stereocenters. The highest BCUT2D eigenvalue weighted by atomic mass is 16.5. The van der Waals surface area contributed by atoms with Crippen LogP contribution in [0.4, 0.5) is 5.95 Å². The van der Waals surface area contributed by atoms with Gasteiger partial charge in [0.2, 0.25) is 5.95 Å². The number of nitrogens with one attached hydrogen (secondary N) is 1. The van der Waals surface area contributed by atoms with Crippen LogP contribution in [-0.2, 0) is 6.42 Å². The van der Waals surface area contributed by atoms with Crippen LogP contribution < -0.4 is 5.32 Å². The molecule has 0 bridgehead atoms. The van der Waals surface area contributed by atoms with Gasteiger partial charge >= 0.3 is 0 Å². The lowest BCUT2D eigenvalue weighted by Gasteiger charge is -2.16. The molecule has 7 heteroatoms. The van der Waals surface area contributed by atoms with E-state index in [-0.39, 0.29) is 5.91 Å². The number of aromatic nitrogens is 4. The Morgan fingerprint density at radius 3 is 2.93 bits per heavy atom. The summed E-state index contributed by atoms with van der Waals surface area (Å²) in [5.41, 5.74) is 3.67. The average molecular weight is 375 g/mol. The Hall–Kier alpha value is -3.22. The smallest absolute Gasteiger partial charge is 0.259 e. The van der Waals surface area contributed by atoms with Crippen molar-refractivity contribution < 1.29 is 9.32 Å². The van der Waals surface area contributed by atoms with Crippen LogP contribution in [0.3, 0.4) is 0 Å². The Morgan fingerprint density at radius 1 is 1.29 bits per heavy atom. The Bertz CT molecular complexity index is 1170. The highest BCUT2D eigenvalue weighted by Crippen LogP contribution is 2.35. The van der Waals surface area contributed by atoms with Crippen LogP contribution in [0.25, 0.3) is 22.1 Å². The lowest BCUT2D eigenvalue weighted by atomic mass is 10.1. The standard InChI is InChI=1S/C21H21N5O2/c1-2-16-15-11-13(12-22-20(15)28-25-16)19(27)24-21-23-17-9-5-6-10-18(17)26(21)14-7-3-4-8-14/h5-6,9-12,14H,2-4,7-8H2,1H3,(H,23,24,27). The number of rotatable bonds is 4. The Kier molecular flexibility index (Phi) is 4.07. The molecule has 3 aromatic heterocycles. The molecule has 0 aliphatic heterocycles. The minimum atomic E-state index is -0.229. The third-order valence-electron chi connectivity index (χ3n) is 5.51. The zero-order valence-electron chi connectivity index (χ0n) is 15.7. The average Bonchev–Trinajstić information content (AvgIpc) is 3.44. The van der Waals surface area contributed by atoms with Gasteiger partial charge in [-0.15, -0.1) is 0 Å². The molecule has 0 saturated heterocycles. The van der Waals surface area contributed by atoms with Gasteiger partial charge in [-0.25, -0.2) is 9.97 Å². The molecule has 1 amide bonds. The van der Waals surface area contributed by atoms with E-state index in [0.717, 1.165) is 41.4 Å². The second kappa shape index (κ2) is 6.74. The quantitative estimate of drug-likeness (QED) is 0.567. The number of anilines is 1. The third kappa shape index (κ3) is 2.74. The topological polar surface area (TPSA) is 85.8 Å². The maximum absolute atomic E-state index is 13.0. The van der Waals surface area contributed by atoms with Crippen molar-refractivity contribution in [3.8, 4) is 0 Å². The molecule has 1 N–H and O–H groups in total. The van der Waals surface area contributed by atoms with Gasteiger partial charge in [0.1, 0.15) is 0 Å². The van der Waals surface area contributed by atoms with Crippen molar-refractivity contribution >= 4 is 34.0 Å². The molecule has 1 fully saturated rings. The molecule has 4 aromatic rings. The fourth-order valence-electron chi connectivity index (χ4n) is 4.10. The minimum Gasteiger partial charge on any atom is -0.336 e. The van der Waals surface area contributed by atoms with Gasteiger partial charge in [0.15, 0.2) is 0 Å². The molecule has 1 aliphatic carbocycles. The van der Waals surface area contributed by atoms with Gasteiger partial charge in [-0.05, 0) is 37.5 Å². The summed E-state index contributed by atoms with van der Waals surface area (Å²) in [7, 11) is 0. The van der Waals surface area contributed by atoms with Crippen LogP contribution in [0, 0.1) is 0 Å². The van der Waals surface area contributed by atoms with Crippen LogP contribution in [0.15, 0.2) is 41.1 Å². The van der Waals surface area contributed by atoms with Gasteiger partial charge in [0.25, 0.3) is 11.6 Å². The second-order valence-electron chi connectivity index (χ2n) is 7.25. The molecule has 0 atom stereocenters. The highest BCUT2D eigenvalue weighted by Gasteiger charge is 2.24. The van der Waals surface area contributed by atoms with E-state index in [1.54, 1.807) is 6.07 Å². The predicted molar refractivity (Wildman–Crippen MR) is 106 cm³/mol. The van der Waals surface area contributed by atoms with Gasteiger partial charge < -0.3 is 9.09 Å². The second-order valence-corrected chi connectivity index (χ2v) is 7.25. The lowest BCUT2D eigenvalue weighted by molar-refractivity contribution is 0.102. The van der Waals surface area contributed by atoms with Crippen molar-refractivity contribution in [2.75, 3.05) is 5.32 Å². The Balaban J connectivity index is 1.53. The molecule has 3 heterocycles. The molecule has 142 valence electrons. The number of hydrogen-bond acceptors (Lipinski definition) is 5. The summed E-state index contributed by atoms with van der Waals surface area (Å²) in [6.45, 7) is 1.99. The number of carbonyl (C=O) groups is 1. The van der Waals surface area contributed by atoms with Crippen LogP contribution in [0.1, 0.15) is 54.7 Å². The van der Waals surface area contributed by atoms with Crippen molar-refractivity contribution in [3.63, 3.8) is 0 Å². The molecule has 7 nitrogen and oxygen atoms in total. The molecule has 1 saturated carbocycles. The van der Waals surface area contributed by atoms with Crippen molar-refractivity contribution in [3.05, 3.63) is 47.8 Å². The Morgan fingerprint density at radius 2 is 2.11 bits per heavy atom. The molecular weight excluding hydrogens is 354 g/mol. The first-order valence-electron chi connectivity index (χ1n) is 9.77. The molecule has 0 spiro atoms. The molecule has 28 heavy (non-hydrogen) atoms. The van der Waals surface area contributed by atoms with E-state index >= 15 is 0 Å².